The van der Waals surface area contributed by atoms with Gasteiger partial charge in [0.05, 0.1) is 13.5 Å². The summed E-state index contributed by atoms with van der Waals surface area (Å²) in [6, 6.07) is 13.3. The molecule has 0 aliphatic heterocycles. The fourth-order valence-corrected chi connectivity index (χ4v) is 2.30. The van der Waals surface area contributed by atoms with Gasteiger partial charge in [-0.3, -0.25) is 4.79 Å². The first kappa shape index (κ1) is 13.8. The zero-order valence-electron chi connectivity index (χ0n) is 11.3. The Hall–Kier alpha value is -2.14. The smallest absolute Gasteiger partial charge is 0.309 e. The van der Waals surface area contributed by atoms with Gasteiger partial charge in [0.15, 0.2) is 5.58 Å². The second-order valence-corrected chi connectivity index (χ2v) is 5.50. The summed E-state index contributed by atoms with van der Waals surface area (Å²) in [6.07, 6.45) is 0.229. The highest BCUT2D eigenvalue weighted by atomic mass is 79.9. The third-order valence-electron chi connectivity index (χ3n) is 3.12. The Balaban J connectivity index is 1.96. The van der Waals surface area contributed by atoms with Crippen molar-refractivity contribution in [2.75, 3.05) is 7.11 Å². The van der Waals surface area contributed by atoms with Gasteiger partial charge in [0.1, 0.15) is 5.52 Å². The summed E-state index contributed by atoms with van der Waals surface area (Å²) in [5.41, 5.74) is 3.18. The van der Waals surface area contributed by atoms with E-state index in [1.165, 1.54) is 7.11 Å². The molecule has 0 N–H and O–H groups in total. The van der Waals surface area contributed by atoms with Crippen molar-refractivity contribution in [3.63, 3.8) is 0 Å². The summed E-state index contributed by atoms with van der Waals surface area (Å²) in [5.74, 6) is 0.290. The maximum Gasteiger partial charge on any atom is 0.309 e. The molecule has 0 spiro atoms. The van der Waals surface area contributed by atoms with Gasteiger partial charge in [-0.05, 0) is 42.0 Å². The van der Waals surface area contributed by atoms with Gasteiger partial charge in [-0.1, -0.05) is 22.0 Å². The molecule has 1 heterocycles. The Labute approximate surface area is 129 Å². The van der Waals surface area contributed by atoms with Gasteiger partial charge in [0.25, 0.3) is 0 Å². The van der Waals surface area contributed by atoms with E-state index in [1.54, 1.807) is 0 Å². The van der Waals surface area contributed by atoms with E-state index in [9.17, 15) is 4.79 Å². The summed E-state index contributed by atoms with van der Waals surface area (Å²) in [6.45, 7) is 0. The largest absolute Gasteiger partial charge is 0.469 e. The predicted octanol–water partition coefficient (Wildman–Crippen LogP) is 3.97. The number of fused-ring (bicyclic) bond motifs is 1. The number of esters is 1. The molecule has 0 atom stereocenters. The monoisotopic (exact) mass is 345 g/mol. The van der Waals surface area contributed by atoms with E-state index in [4.69, 9.17) is 4.42 Å². The first-order chi connectivity index (χ1) is 10.2. The van der Waals surface area contributed by atoms with Crippen LogP contribution in [0.3, 0.4) is 0 Å². The molecule has 0 saturated carbocycles. The lowest BCUT2D eigenvalue weighted by Crippen LogP contribution is -2.04. The van der Waals surface area contributed by atoms with Gasteiger partial charge in [0, 0.05) is 10.0 Å². The summed E-state index contributed by atoms with van der Waals surface area (Å²) < 4.78 is 11.4. The molecule has 1 aromatic heterocycles. The topological polar surface area (TPSA) is 52.3 Å². The molecule has 0 unspecified atom stereocenters. The Kier molecular flexibility index (Phi) is 3.75. The minimum absolute atomic E-state index is 0.229. The SMILES string of the molecule is COC(=O)Cc1ccc2oc(-c3ccc(Br)cc3)nc2c1. The first-order valence-corrected chi connectivity index (χ1v) is 7.17. The number of carbonyl (C=O) groups is 1. The van der Waals surface area contributed by atoms with Crippen LogP contribution in [0.1, 0.15) is 5.56 Å². The van der Waals surface area contributed by atoms with E-state index >= 15 is 0 Å². The van der Waals surface area contributed by atoms with Crippen molar-refractivity contribution in [1.29, 1.82) is 0 Å². The highest BCUT2D eigenvalue weighted by Gasteiger charge is 2.10. The van der Waals surface area contributed by atoms with Gasteiger partial charge in [-0.25, -0.2) is 4.98 Å². The molecule has 0 fully saturated rings. The van der Waals surface area contributed by atoms with Crippen LogP contribution in [0.25, 0.3) is 22.6 Å². The molecule has 4 nitrogen and oxygen atoms in total. The molecule has 0 aliphatic rings. The van der Waals surface area contributed by atoms with Crippen molar-refractivity contribution in [2.24, 2.45) is 0 Å². The Morgan fingerprint density at radius 2 is 2.00 bits per heavy atom. The van der Waals surface area contributed by atoms with Crippen molar-refractivity contribution in [3.05, 3.63) is 52.5 Å². The molecular formula is C16H12BrNO3. The van der Waals surface area contributed by atoms with Crippen LogP contribution in [-0.2, 0) is 16.0 Å². The van der Waals surface area contributed by atoms with Crippen molar-refractivity contribution >= 4 is 33.0 Å². The predicted molar refractivity (Wildman–Crippen MR) is 82.9 cm³/mol. The van der Waals surface area contributed by atoms with Crippen LogP contribution in [0, 0.1) is 0 Å². The lowest BCUT2D eigenvalue weighted by atomic mass is 10.1. The maximum atomic E-state index is 11.3. The number of rotatable bonds is 3. The van der Waals surface area contributed by atoms with Gasteiger partial charge >= 0.3 is 5.97 Å². The van der Waals surface area contributed by atoms with Crippen molar-refractivity contribution in [2.45, 2.75) is 6.42 Å². The van der Waals surface area contributed by atoms with Crippen molar-refractivity contribution in [3.8, 4) is 11.5 Å². The minimum atomic E-state index is -0.272. The number of oxazole rings is 1. The standard InChI is InChI=1S/C16H12BrNO3/c1-20-15(19)9-10-2-7-14-13(8-10)18-16(21-14)11-3-5-12(17)6-4-11/h2-8H,9H2,1H3. The summed E-state index contributed by atoms with van der Waals surface area (Å²) >= 11 is 3.40. The molecule has 0 bridgehead atoms. The number of hydrogen-bond donors (Lipinski definition) is 0. The van der Waals surface area contributed by atoms with Gasteiger partial charge in [-0.15, -0.1) is 0 Å². The molecule has 2 aromatic carbocycles. The minimum Gasteiger partial charge on any atom is -0.469 e. The summed E-state index contributed by atoms with van der Waals surface area (Å²) in [5, 5.41) is 0. The Morgan fingerprint density at radius 1 is 1.24 bits per heavy atom. The number of ether oxygens (including phenoxy) is 1. The molecule has 21 heavy (non-hydrogen) atoms. The molecular weight excluding hydrogens is 334 g/mol. The number of halogens is 1. The van der Waals surface area contributed by atoms with Crippen LogP contribution in [0.15, 0.2) is 51.4 Å². The van der Waals surface area contributed by atoms with Gasteiger partial charge in [-0.2, -0.15) is 0 Å². The number of benzene rings is 2. The third kappa shape index (κ3) is 2.97. The Morgan fingerprint density at radius 3 is 2.71 bits per heavy atom. The highest BCUT2D eigenvalue weighted by molar-refractivity contribution is 9.10. The molecule has 3 aromatic rings. The average molecular weight is 346 g/mol. The van der Waals surface area contributed by atoms with Crippen LogP contribution in [0.4, 0.5) is 0 Å². The quantitative estimate of drug-likeness (QED) is 0.674. The molecule has 0 saturated heterocycles. The van der Waals surface area contributed by atoms with Crippen LogP contribution in [0.2, 0.25) is 0 Å². The number of methoxy groups -OCH3 is 1. The van der Waals surface area contributed by atoms with Crippen molar-refractivity contribution < 1.29 is 13.9 Å². The number of carbonyl (C=O) groups excluding carboxylic acids is 1. The van der Waals surface area contributed by atoms with E-state index in [2.05, 4.69) is 25.7 Å². The van der Waals surface area contributed by atoms with E-state index in [0.717, 1.165) is 21.1 Å². The fraction of sp³-hybridized carbons (Fsp3) is 0.125. The maximum absolute atomic E-state index is 11.3. The fourth-order valence-electron chi connectivity index (χ4n) is 2.04. The zero-order valence-corrected chi connectivity index (χ0v) is 12.9. The molecule has 0 radical (unpaired) electrons. The normalized spacial score (nSPS) is 10.8. The molecule has 0 amide bonds. The van der Waals surface area contributed by atoms with Crippen molar-refractivity contribution in [1.82, 2.24) is 4.98 Å². The number of aromatic nitrogens is 1. The van der Waals surface area contributed by atoms with E-state index in [1.807, 2.05) is 42.5 Å². The molecule has 106 valence electrons. The lowest BCUT2D eigenvalue weighted by molar-refractivity contribution is -0.139. The average Bonchev–Trinajstić information content (AvgIpc) is 2.91. The van der Waals surface area contributed by atoms with Gasteiger partial charge in [0.2, 0.25) is 5.89 Å². The molecule has 5 heteroatoms. The zero-order chi connectivity index (χ0) is 14.8. The van der Waals surface area contributed by atoms with Crippen LogP contribution in [0.5, 0.6) is 0 Å². The summed E-state index contributed by atoms with van der Waals surface area (Å²) in [4.78, 5) is 15.8. The van der Waals surface area contributed by atoms with Crippen LogP contribution in [-0.4, -0.2) is 18.1 Å². The second kappa shape index (κ2) is 5.69. The highest BCUT2D eigenvalue weighted by Crippen LogP contribution is 2.26. The van der Waals surface area contributed by atoms with E-state index < -0.39 is 0 Å². The van der Waals surface area contributed by atoms with Gasteiger partial charge < -0.3 is 9.15 Å². The number of hydrogen-bond acceptors (Lipinski definition) is 4. The summed E-state index contributed by atoms with van der Waals surface area (Å²) in [7, 11) is 1.38. The first-order valence-electron chi connectivity index (χ1n) is 6.38. The second-order valence-electron chi connectivity index (χ2n) is 4.58. The molecule has 3 rings (SSSR count). The van der Waals surface area contributed by atoms with E-state index in [-0.39, 0.29) is 12.4 Å². The van der Waals surface area contributed by atoms with Crippen LogP contribution < -0.4 is 0 Å². The lowest BCUT2D eigenvalue weighted by Gasteiger charge is -1.98. The molecule has 0 aliphatic carbocycles. The Bertz CT molecular complexity index is 793. The van der Waals surface area contributed by atoms with E-state index in [0.29, 0.717) is 11.5 Å². The third-order valence-corrected chi connectivity index (χ3v) is 3.65. The van der Waals surface area contributed by atoms with Crippen LogP contribution >= 0.6 is 15.9 Å². The number of nitrogens with zero attached hydrogens (tertiary/aromatic N) is 1.